The monoisotopic (exact) mass is 355 g/mol. The zero-order chi connectivity index (χ0) is 16.7. The number of nitrogens with two attached hydrogens (primary N) is 1. The van der Waals surface area contributed by atoms with Crippen molar-refractivity contribution in [1.82, 2.24) is 9.97 Å². The molecular weight excluding hydrogens is 337 g/mol. The molecule has 1 aromatic carbocycles. The van der Waals surface area contributed by atoms with Crippen LogP contribution in [0.4, 0.5) is 26.6 Å². The van der Waals surface area contributed by atoms with Crippen molar-refractivity contribution >= 4 is 36.0 Å². The highest BCUT2D eigenvalue weighted by atomic mass is 35.5. The molecule has 0 saturated carbocycles. The second kappa shape index (κ2) is 9.51. The molecule has 0 spiro atoms. The highest BCUT2D eigenvalue weighted by Gasteiger charge is 2.08. The molecule has 2 rings (SSSR count). The Hall–Kier alpha value is -2.61. The van der Waals surface area contributed by atoms with E-state index in [4.69, 9.17) is 10.5 Å². The lowest BCUT2D eigenvalue weighted by molar-refractivity contribution is 0.161. The van der Waals surface area contributed by atoms with Crippen molar-refractivity contribution in [2.75, 3.05) is 23.0 Å². The van der Waals surface area contributed by atoms with Gasteiger partial charge in [0.15, 0.2) is 5.82 Å². The molecule has 0 unspecified atom stereocenters. The van der Waals surface area contributed by atoms with Crippen molar-refractivity contribution in [3.8, 4) is 0 Å². The summed E-state index contributed by atoms with van der Waals surface area (Å²) in [5, 5.41) is 5.44. The summed E-state index contributed by atoms with van der Waals surface area (Å²) in [5.74, 6) is 0.133. The number of carbonyl (C=O) groups is 1. The van der Waals surface area contributed by atoms with E-state index in [2.05, 4.69) is 20.6 Å². The maximum absolute atomic E-state index is 12.8. The third kappa shape index (κ3) is 5.88. The molecule has 2 aromatic rings. The number of nitrogens with zero attached hydrogens (tertiary/aromatic N) is 2. The summed E-state index contributed by atoms with van der Waals surface area (Å²) in [6, 6.07) is 6.07. The molecule has 0 aliphatic heterocycles. The number of anilines is 3. The normalized spacial score (nSPS) is 9.75. The molecule has 24 heavy (non-hydrogen) atoms. The number of aromatic nitrogens is 2. The van der Waals surface area contributed by atoms with E-state index in [0.29, 0.717) is 19.1 Å². The highest BCUT2D eigenvalue weighted by Crippen LogP contribution is 2.16. The number of hydrogen-bond acceptors (Lipinski definition) is 6. The van der Waals surface area contributed by atoms with Gasteiger partial charge >= 0.3 is 6.09 Å². The largest absolute Gasteiger partial charge is 0.449 e. The van der Waals surface area contributed by atoms with Crippen LogP contribution in [0.5, 0.6) is 0 Å². The van der Waals surface area contributed by atoms with Crippen LogP contribution in [-0.2, 0) is 11.3 Å². The lowest BCUT2D eigenvalue weighted by Crippen LogP contribution is -2.16. The molecule has 4 N–H and O–H groups in total. The molecule has 0 atom stereocenters. The third-order valence-corrected chi connectivity index (χ3v) is 2.86. The van der Waals surface area contributed by atoms with E-state index in [1.807, 2.05) is 6.92 Å². The number of benzene rings is 1. The topological polar surface area (TPSA) is 102 Å². The molecule has 1 amide bonds. The van der Waals surface area contributed by atoms with Gasteiger partial charge in [0, 0.05) is 6.54 Å². The van der Waals surface area contributed by atoms with Gasteiger partial charge in [0.2, 0.25) is 5.95 Å². The molecule has 0 bridgehead atoms. The van der Waals surface area contributed by atoms with Gasteiger partial charge < -0.3 is 15.8 Å². The molecule has 0 radical (unpaired) electrons. The lowest BCUT2D eigenvalue weighted by Gasteiger charge is -2.10. The van der Waals surface area contributed by atoms with Gasteiger partial charge in [0.1, 0.15) is 11.5 Å². The quantitative estimate of drug-likeness (QED) is 0.735. The number of carbonyl (C=O) groups excluding carboxylic acids is 1. The minimum absolute atomic E-state index is 0. The molecule has 0 aliphatic rings. The number of nitrogen functional groups attached to an aromatic ring is 1. The SMILES string of the molecule is CCCOC(=O)Nc1cnc(NCc2ccc(F)cc2)nc1N.Cl. The standard InChI is InChI=1S/C15H18FN5O2.ClH/c1-2-7-23-15(22)20-12-9-19-14(21-13(12)17)18-8-10-3-5-11(16)6-4-10;/h3-6,9H,2,7-8H2,1H3,(H,20,22)(H3,17,18,19,21);1H. The molecule has 0 saturated heterocycles. The van der Waals surface area contributed by atoms with Crippen LogP contribution in [0.15, 0.2) is 30.5 Å². The van der Waals surface area contributed by atoms with E-state index in [1.165, 1.54) is 18.3 Å². The lowest BCUT2D eigenvalue weighted by atomic mass is 10.2. The van der Waals surface area contributed by atoms with Crippen molar-refractivity contribution in [3.05, 3.63) is 41.8 Å². The Labute approximate surface area is 145 Å². The van der Waals surface area contributed by atoms with E-state index < -0.39 is 6.09 Å². The van der Waals surface area contributed by atoms with Crippen molar-refractivity contribution in [2.45, 2.75) is 19.9 Å². The van der Waals surface area contributed by atoms with Crippen LogP contribution >= 0.6 is 12.4 Å². The zero-order valence-corrected chi connectivity index (χ0v) is 13.9. The van der Waals surface area contributed by atoms with Gasteiger partial charge in [0.05, 0.1) is 12.8 Å². The molecule has 0 fully saturated rings. The average Bonchev–Trinajstić information content (AvgIpc) is 2.54. The second-order valence-electron chi connectivity index (χ2n) is 4.73. The Morgan fingerprint density at radius 3 is 2.67 bits per heavy atom. The highest BCUT2D eigenvalue weighted by molar-refractivity contribution is 5.87. The Morgan fingerprint density at radius 1 is 1.33 bits per heavy atom. The zero-order valence-electron chi connectivity index (χ0n) is 13.1. The molecule has 1 heterocycles. The summed E-state index contributed by atoms with van der Waals surface area (Å²) in [4.78, 5) is 19.6. The second-order valence-corrected chi connectivity index (χ2v) is 4.73. The molecule has 130 valence electrons. The van der Waals surface area contributed by atoms with Crippen molar-refractivity contribution < 1.29 is 13.9 Å². The van der Waals surface area contributed by atoms with Gasteiger partial charge in [-0.15, -0.1) is 12.4 Å². The number of amides is 1. The number of ether oxygens (including phenoxy) is 1. The third-order valence-electron chi connectivity index (χ3n) is 2.86. The molecule has 7 nitrogen and oxygen atoms in total. The number of nitrogens with one attached hydrogen (secondary N) is 2. The first-order valence-electron chi connectivity index (χ1n) is 7.13. The van der Waals surface area contributed by atoms with Crippen LogP contribution in [0.3, 0.4) is 0 Å². The van der Waals surface area contributed by atoms with Crippen molar-refractivity contribution in [1.29, 1.82) is 0 Å². The molecule has 1 aromatic heterocycles. The van der Waals surface area contributed by atoms with Crippen LogP contribution < -0.4 is 16.4 Å². The minimum Gasteiger partial charge on any atom is -0.449 e. The van der Waals surface area contributed by atoms with Gasteiger partial charge in [-0.25, -0.2) is 14.2 Å². The smallest absolute Gasteiger partial charge is 0.411 e. The summed E-state index contributed by atoms with van der Waals surface area (Å²) in [5.41, 5.74) is 6.93. The fourth-order valence-corrected chi connectivity index (χ4v) is 1.70. The van der Waals surface area contributed by atoms with Gasteiger partial charge in [-0.2, -0.15) is 4.98 Å². The van der Waals surface area contributed by atoms with Crippen LogP contribution in [-0.4, -0.2) is 22.7 Å². The van der Waals surface area contributed by atoms with Crippen LogP contribution in [0.25, 0.3) is 0 Å². The van der Waals surface area contributed by atoms with Crippen LogP contribution in [0.1, 0.15) is 18.9 Å². The Kier molecular flexibility index (Phi) is 7.70. The Bertz CT molecular complexity index is 669. The number of rotatable bonds is 6. The van der Waals surface area contributed by atoms with E-state index in [9.17, 15) is 9.18 Å². The summed E-state index contributed by atoms with van der Waals surface area (Å²) in [6.07, 6.45) is 1.52. The molecule has 9 heteroatoms. The van der Waals surface area contributed by atoms with Crippen molar-refractivity contribution in [3.63, 3.8) is 0 Å². The maximum Gasteiger partial charge on any atom is 0.411 e. The predicted octanol–water partition coefficient (Wildman–Crippen LogP) is 3.19. The van der Waals surface area contributed by atoms with E-state index in [-0.39, 0.29) is 29.7 Å². The van der Waals surface area contributed by atoms with Crippen LogP contribution in [0.2, 0.25) is 0 Å². The average molecular weight is 356 g/mol. The predicted molar refractivity (Wildman–Crippen MR) is 92.7 cm³/mol. The first-order valence-corrected chi connectivity index (χ1v) is 7.13. The summed E-state index contributed by atoms with van der Waals surface area (Å²) in [6.45, 7) is 2.64. The first-order chi connectivity index (χ1) is 11.1. The Balaban J connectivity index is 0.00000288. The number of hydrogen-bond donors (Lipinski definition) is 3. The summed E-state index contributed by atoms with van der Waals surface area (Å²) >= 11 is 0. The van der Waals surface area contributed by atoms with Crippen LogP contribution in [0, 0.1) is 5.82 Å². The first kappa shape index (κ1) is 19.4. The summed E-state index contributed by atoms with van der Waals surface area (Å²) < 4.78 is 17.7. The molecular formula is C15H19ClFN5O2. The van der Waals surface area contributed by atoms with Gasteiger partial charge in [-0.3, -0.25) is 5.32 Å². The maximum atomic E-state index is 12.8. The fraction of sp³-hybridized carbons (Fsp3) is 0.267. The van der Waals surface area contributed by atoms with E-state index in [1.54, 1.807) is 12.1 Å². The van der Waals surface area contributed by atoms with Gasteiger partial charge in [-0.1, -0.05) is 19.1 Å². The van der Waals surface area contributed by atoms with E-state index in [0.717, 1.165) is 12.0 Å². The number of halogens is 2. The summed E-state index contributed by atoms with van der Waals surface area (Å²) in [7, 11) is 0. The van der Waals surface area contributed by atoms with E-state index >= 15 is 0 Å². The van der Waals surface area contributed by atoms with Gasteiger partial charge in [0.25, 0.3) is 0 Å². The molecule has 0 aliphatic carbocycles. The van der Waals surface area contributed by atoms with Crippen molar-refractivity contribution in [2.24, 2.45) is 0 Å². The van der Waals surface area contributed by atoms with Gasteiger partial charge in [-0.05, 0) is 24.1 Å². The Morgan fingerprint density at radius 2 is 2.04 bits per heavy atom. The minimum atomic E-state index is -0.603. The fourth-order valence-electron chi connectivity index (χ4n) is 1.70.